The summed E-state index contributed by atoms with van der Waals surface area (Å²) in [5.74, 6) is -7.39. The zero-order valence-corrected chi connectivity index (χ0v) is 39.8. The molecule has 9 atom stereocenters. The second-order valence-electron chi connectivity index (χ2n) is 17.4. The molecule has 2 amide bonds. The first-order valence-corrected chi connectivity index (χ1v) is 21.8. The van der Waals surface area contributed by atoms with Crippen LogP contribution in [0.3, 0.4) is 0 Å². The summed E-state index contributed by atoms with van der Waals surface area (Å²) in [6.45, 7) is 15.6. The molecular formula is C49H61N3O15. The van der Waals surface area contributed by atoms with Gasteiger partial charge in [-0.15, -0.1) is 0 Å². The molecule has 3 heterocycles. The molecule has 0 saturated heterocycles. The number of aliphatic hydroxyl groups is 2. The number of carbonyl (C=O) groups excluding carboxylic acids is 4. The number of aryl methyl sites for hydroxylation is 1. The summed E-state index contributed by atoms with van der Waals surface area (Å²) >= 11 is 0. The number of anilines is 1. The summed E-state index contributed by atoms with van der Waals surface area (Å²) < 4.78 is 35.8. The highest BCUT2D eigenvalue weighted by Crippen LogP contribution is 2.47. The summed E-state index contributed by atoms with van der Waals surface area (Å²) in [4.78, 5) is 71.7. The minimum Gasteiger partial charge on any atom is -0.507 e. The van der Waals surface area contributed by atoms with Crippen LogP contribution in [0.2, 0.25) is 0 Å². The van der Waals surface area contributed by atoms with E-state index >= 15 is 0 Å². The number of likely N-dealkylation sites (N-methyl/N-ethyl adjacent to an activating group) is 1. The predicted octanol–water partition coefficient (Wildman–Crippen LogP) is 5.82. The number of carbonyl (C=O) groups is 4. The Labute approximate surface area is 388 Å². The zero-order valence-electron chi connectivity index (χ0n) is 39.8. The van der Waals surface area contributed by atoms with E-state index in [4.69, 9.17) is 33.1 Å². The first-order chi connectivity index (χ1) is 31.5. The van der Waals surface area contributed by atoms with Crippen LogP contribution in [-0.2, 0) is 33.4 Å². The third-order valence-corrected chi connectivity index (χ3v) is 12.5. The first kappa shape index (κ1) is 51.5. The van der Waals surface area contributed by atoms with Gasteiger partial charge in [0.1, 0.15) is 52.6 Å². The number of aldehydes is 1. The Balaban J connectivity index is 1.76. The number of ether oxygens (including phenoxy) is 5. The number of aromatic hydroxyl groups is 2. The molecule has 0 spiro atoms. The van der Waals surface area contributed by atoms with Gasteiger partial charge in [0, 0.05) is 92.8 Å². The maximum absolute atomic E-state index is 14.7. The van der Waals surface area contributed by atoms with Crippen molar-refractivity contribution >= 4 is 51.6 Å². The number of methoxy groups -OCH3 is 1. The fourth-order valence-electron chi connectivity index (χ4n) is 8.17. The second kappa shape index (κ2) is 21.0. The molecule has 0 radical (unpaired) electrons. The van der Waals surface area contributed by atoms with Crippen LogP contribution >= 0.6 is 0 Å². The summed E-state index contributed by atoms with van der Waals surface area (Å²) in [5.41, 5.74) is -1.16. The number of aromatic nitrogens is 1. The number of hydrogen-bond donors (Lipinski definition) is 5. The monoisotopic (exact) mass is 931 g/mol. The zero-order chi connectivity index (χ0) is 49.8. The summed E-state index contributed by atoms with van der Waals surface area (Å²) in [7, 11) is 3.02. The minimum absolute atomic E-state index is 0.00104. The lowest BCUT2D eigenvalue weighted by Crippen LogP contribution is -2.46. The van der Waals surface area contributed by atoms with Gasteiger partial charge in [0.15, 0.2) is 11.3 Å². The number of aliphatic hydroxyl groups excluding tert-OH is 2. The van der Waals surface area contributed by atoms with Crippen molar-refractivity contribution in [2.45, 2.75) is 99.4 Å². The third-order valence-electron chi connectivity index (χ3n) is 12.5. The molecule has 2 aromatic rings. The van der Waals surface area contributed by atoms with Crippen LogP contribution in [0.25, 0.3) is 33.3 Å². The molecule has 5 N–H and O–H groups in total. The molecule has 3 aliphatic heterocycles. The highest BCUT2D eigenvalue weighted by molar-refractivity contribution is 6.12. The van der Waals surface area contributed by atoms with Crippen molar-refractivity contribution in [2.24, 2.45) is 23.7 Å². The van der Waals surface area contributed by atoms with Crippen LogP contribution in [0.5, 0.6) is 23.0 Å². The van der Waals surface area contributed by atoms with Gasteiger partial charge in [0.05, 0.1) is 36.5 Å². The fraction of sp³-hybridized carbons (Fsp3) is 0.469. The van der Waals surface area contributed by atoms with Crippen molar-refractivity contribution in [3.8, 4) is 34.5 Å². The van der Waals surface area contributed by atoms with Crippen LogP contribution in [-0.4, -0.2) is 112 Å². The van der Waals surface area contributed by atoms with Crippen LogP contribution in [0.1, 0.15) is 66.5 Å². The Morgan fingerprint density at radius 1 is 0.970 bits per heavy atom. The average molecular weight is 932 g/mol. The van der Waals surface area contributed by atoms with Gasteiger partial charge in [-0.3, -0.25) is 24.0 Å². The molecule has 4 aliphatic rings. The van der Waals surface area contributed by atoms with Crippen LogP contribution < -0.4 is 20.2 Å². The third kappa shape index (κ3) is 10.9. The molecule has 18 heteroatoms. The molecule has 0 aromatic heterocycles. The normalized spacial score (nSPS) is 27.3. The van der Waals surface area contributed by atoms with Crippen molar-refractivity contribution in [3.05, 3.63) is 69.6 Å². The van der Waals surface area contributed by atoms with E-state index in [9.17, 15) is 44.4 Å². The lowest BCUT2D eigenvalue weighted by Gasteiger charge is -2.38. The van der Waals surface area contributed by atoms with Crippen LogP contribution in [0, 0.1) is 37.5 Å². The molecule has 0 unspecified atom stereocenters. The SMILES string of the molecule is CO[C@H]1/C=C/O[C@](C)(C=O)Oc2c(C)c(O)c3c(=O)c(c4oc5cc(OCCN(C)C(C)=O)cc(O)c5nc-4c3c2C)NC(=O)/C(C)=C\C=C\[C@H](C)[C@H](O)[C@@H](C)[C@@H](O)[C@@H](C)[C@H](OC(C)=O)[C@@H]1C. The first-order valence-electron chi connectivity index (χ1n) is 21.8. The van der Waals surface area contributed by atoms with Crippen LogP contribution in [0.15, 0.2) is 57.5 Å². The van der Waals surface area contributed by atoms with Gasteiger partial charge in [-0.25, -0.2) is 4.98 Å². The van der Waals surface area contributed by atoms with Crippen molar-refractivity contribution in [1.29, 1.82) is 0 Å². The molecule has 0 saturated carbocycles. The van der Waals surface area contributed by atoms with E-state index < -0.39 is 82.6 Å². The van der Waals surface area contributed by atoms with E-state index in [0.29, 0.717) is 6.29 Å². The number of rotatable bonds is 7. The van der Waals surface area contributed by atoms with E-state index in [-0.39, 0.29) is 86.3 Å². The molecular weight excluding hydrogens is 871 g/mol. The van der Waals surface area contributed by atoms with Gasteiger partial charge in [0.25, 0.3) is 5.91 Å². The van der Waals surface area contributed by atoms with E-state index in [1.165, 1.54) is 77.2 Å². The van der Waals surface area contributed by atoms with Crippen molar-refractivity contribution in [1.82, 2.24) is 9.88 Å². The highest BCUT2D eigenvalue weighted by atomic mass is 16.7. The van der Waals surface area contributed by atoms with Crippen molar-refractivity contribution in [3.63, 3.8) is 0 Å². The van der Waals surface area contributed by atoms with Crippen LogP contribution in [0.4, 0.5) is 5.69 Å². The standard InChI is InChI=1S/C49H61N3O15/c1-23-14-13-15-24(2)48(61)51-40-44(60)37-36(39-47(40)66-35-21-32(20-33(56)38(35)50-39)63-19-17-52(11)30(8)54)26(4)46(29(7)43(37)59)67-49(10,22-53)64-18-16-34(62-12)25(3)45(65-31(9)55)28(6)42(58)27(5)41(23)57/h13-16,18,20-23,25,27-28,34,41-42,45,56-59H,17,19H2,1-12H3,(H,51,61)/b14-13+,18-16+,24-15-/t23-,25+,27+,28+,34-,41-,42+,45+,49-/m0/s1. The Morgan fingerprint density at radius 3 is 2.28 bits per heavy atom. The average Bonchev–Trinajstić information content (AvgIpc) is 3.28. The molecule has 362 valence electrons. The van der Waals surface area contributed by atoms with E-state index in [2.05, 4.69) is 5.32 Å². The number of nitrogens with one attached hydrogen (secondary N) is 1. The smallest absolute Gasteiger partial charge is 0.304 e. The topological polar surface area (TPSA) is 254 Å². The predicted molar refractivity (Wildman–Crippen MR) is 248 cm³/mol. The van der Waals surface area contributed by atoms with Gasteiger partial charge >= 0.3 is 11.8 Å². The van der Waals surface area contributed by atoms with E-state index in [0.717, 1.165) is 0 Å². The number of allylic oxidation sites excluding steroid dienone is 2. The maximum Gasteiger partial charge on any atom is 0.304 e. The quantitative estimate of drug-likeness (QED) is 0.0633. The van der Waals surface area contributed by atoms with Crippen molar-refractivity contribution < 1.29 is 67.7 Å². The Bertz CT molecular complexity index is 2650. The number of nitrogens with zero attached hydrogens (tertiary/aromatic N) is 2. The largest absolute Gasteiger partial charge is 0.507 e. The Morgan fingerprint density at radius 2 is 1.66 bits per heavy atom. The van der Waals surface area contributed by atoms with Gasteiger partial charge in [-0.05, 0) is 26.8 Å². The molecule has 0 fully saturated rings. The summed E-state index contributed by atoms with van der Waals surface area (Å²) in [6.07, 6.45) is 3.65. The number of phenolic OH excluding ortho intramolecular Hbond substituents is 2. The molecule has 2 aromatic carbocycles. The van der Waals surface area contributed by atoms with E-state index in [1.54, 1.807) is 53.8 Å². The Kier molecular flexibility index (Phi) is 16.1. The number of amides is 2. The highest BCUT2D eigenvalue weighted by Gasteiger charge is 2.40. The summed E-state index contributed by atoms with van der Waals surface area (Å²) in [5, 5.41) is 48.5. The molecule has 1 aliphatic carbocycles. The number of benzene rings is 3. The van der Waals surface area contributed by atoms with E-state index in [1.807, 2.05) is 0 Å². The Hall–Kier alpha value is -6.50. The lowest BCUT2D eigenvalue weighted by atomic mass is 9.78. The number of esters is 1. The molecule has 67 heavy (non-hydrogen) atoms. The fourth-order valence-corrected chi connectivity index (χ4v) is 8.17. The minimum atomic E-state index is -2.08. The van der Waals surface area contributed by atoms with Gasteiger partial charge in [-0.1, -0.05) is 45.9 Å². The molecule has 18 nitrogen and oxygen atoms in total. The maximum atomic E-state index is 14.7. The summed E-state index contributed by atoms with van der Waals surface area (Å²) in [6, 6.07) is 2.71. The van der Waals surface area contributed by atoms with Gasteiger partial charge < -0.3 is 58.7 Å². The van der Waals surface area contributed by atoms with Crippen molar-refractivity contribution in [2.75, 3.05) is 32.6 Å². The van der Waals surface area contributed by atoms with Gasteiger partial charge in [-0.2, -0.15) is 0 Å². The number of phenols is 2. The number of hydrogen-bond acceptors (Lipinski definition) is 16. The molecule has 6 rings (SSSR count). The second-order valence-corrected chi connectivity index (χ2v) is 17.4. The van der Waals surface area contributed by atoms with Gasteiger partial charge in [0.2, 0.25) is 17.6 Å². The number of fused-ring (bicyclic) bond motifs is 17. The lowest BCUT2D eigenvalue weighted by molar-refractivity contribution is -0.161. The molecule has 4 bridgehead atoms.